The fraction of sp³-hybridized carbons (Fsp3) is 0.179. The van der Waals surface area contributed by atoms with E-state index in [9.17, 15) is 9.59 Å². The Kier molecular flexibility index (Phi) is 5.85. The van der Waals surface area contributed by atoms with E-state index in [1.54, 1.807) is 12.4 Å². The Hall–Kier alpha value is -3.99. The van der Waals surface area contributed by atoms with Gasteiger partial charge in [-0.25, -0.2) is 0 Å². The summed E-state index contributed by atoms with van der Waals surface area (Å²) in [7, 11) is 0. The van der Waals surface area contributed by atoms with E-state index >= 15 is 0 Å². The third kappa shape index (κ3) is 4.48. The highest BCUT2D eigenvalue weighted by Gasteiger charge is 2.30. The minimum Gasteiger partial charge on any atom is -0.338 e. The highest BCUT2D eigenvalue weighted by atomic mass is 16.2. The molecule has 4 aromatic rings. The van der Waals surface area contributed by atoms with Crippen molar-refractivity contribution >= 4 is 28.3 Å². The van der Waals surface area contributed by atoms with Gasteiger partial charge in [-0.2, -0.15) is 0 Å². The van der Waals surface area contributed by atoms with Gasteiger partial charge >= 0.3 is 0 Å². The second-order valence-corrected chi connectivity index (χ2v) is 8.43. The van der Waals surface area contributed by atoms with E-state index in [1.165, 1.54) is 0 Å². The van der Waals surface area contributed by atoms with Crippen LogP contribution in [-0.4, -0.2) is 34.8 Å². The summed E-state index contributed by atoms with van der Waals surface area (Å²) in [5.74, 6) is -0.286. The van der Waals surface area contributed by atoms with Gasteiger partial charge in [-0.1, -0.05) is 42.5 Å². The Morgan fingerprint density at radius 1 is 0.879 bits per heavy atom. The Bertz CT molecular complexity index is 1290. The number of likely N-dealkylation sites (tertiary alicyclic amines) is 1. The minimum atomic E-state index is -0.224. The summed E-state index contributed by atoms with van der Waals surface area (Å²) in [4.78, 5) is 32.5. The van der Waals surface area contributed by atoms with E-state index in [2.05, 4.69) is 16.4 Å². The molecule has 0 bridgehead atoms. The minimum absolute atomic E-state index is 0.0284. The Labute approximate surface area is 193 Å². The smallest absolute Gasteiger partial charge is 0.254 e. The van der Waals surface area contributed by atoms with Crippen molar-refractivity contribution in [1.29, 1.82) is 0 Å². The average molecular weight is 436 g/mol. The molecule has 1 aromatic heterocycles. The van der Waals surface area contributed by atoms with E-state index in [0.29, 0.717) is 18.7 Å². The van der Waals surface area contributed by atoms with Gasteiger partial charge in [0.25, 0.3) is 5.91 Å². The number of para-hydroxylation sites is 1. The van der Waals surface area contributed by atoms with Crippen LogP contribution in [0.15, 0.2) is 91.3 Å². The number of aromatic nitrogens is 1. The number of amides is 2. The first-order valence-electron chi connectivity index (χ1n) is 11.3. The maximum Gasteiger partial charge on any atom is 0.254 e. The highest BCUT2D eigenvalue weighted by Crippen LogP contribution is 2.30. The first-order chi connectivity index (χ1) is 16.2. The average Bonchev–Trinajstić information content (AvgIpc) is 2.89. The monoisotopic (exact) mass is 435 g/mol. The molecule has 0 saturated carbocycles. The van der Waals surface area contributed by atoms with E-state index in [-0.39, 0.29) is 17.7 Å². The first kappa shape index (κ1) is 20.9. The number of carbonyl (C=O) groups is 2. The van der Waals surface area contributed by atoms with E-state index in [1.807, 2.05) is 77.7 Å². The molecule has 5 rings (SSSR count). The number of carbonyl (C=O) groups excluding carboxylic acids is 2. The summed E-state index contributed by atoms with van der Waals surface area (Å²) in [5.41, 5.74) is 3.45. The van der Waals surface area contributed by atoms with Crippen LogP contribution in [0, 0.1) is 5.92 Å². The molecule has 1 aliphatic heterocycles. The van der Waals surface area contributed by atoms with Crippen LogP contribution >= 0.6 is 0 Å². The fourth-order valence-corrected chi connectivity index (χ4v) is 4.51. The summed E-state index contributed by atoms with van der Waals surface area (Å²) in [6, 6.07) is 25.4. The molecule has 0 radical (unpaired) electrons. The number of piperidine rings is 1. The molecule has 1 saturated heterocycles. The van der Waals surface area contributed by atoms with Gasteiger partial charge in [-0.15, -0.1) is 0 Å². The van der Waals surface area contributed by atoms with Crippen molar-refractivity contribution in [2.24, 2.45) is 5.92 Å². The molecule has 1 N–H and O–H groups in total. The number of anilines is 1. The molecule has 0 spiro atoms. The molecule has 164 valence electrons. The van der Waals surface area contributed by atoms with Crippen LogP contribution < -0.4 is 5.32 Å². The Morgan fingerprint density at radius 3 is 2.45 bits per heavy atom. The summed E-state index contributed by atoms with van der Waals surface area (Å²) < 4.78 is 0. The van der Waals surface area contributed by atoms with Gasteiger partial charge in [0, 0.05) is 36.7 Å². The molecule has 1 aliphatic rings. The van der Waals surface area contributed by atoms with Crippen LogP contribution in [0.2, 0.25) is 0 Å². The summed E-state index contributed by atoms with van der Waals surface area (Å²) in [5, 5.41) is 4.93. The largest absolute Gasteiger partial charge is 0.338 e. The molecule has 33 heavy (non-hydrogen) atoms. The van der Waals surface area contributed by atoms with Gasteiger partial charge in [0.2, 0.25) is 5.91 Å². The molecule has 3 aromatic carbocycles. The normalized spacial score (nSPS) is 15.9. The molecule has 1 atom stereocenters. The molecular formula is C28H25N3O2. The molecule has 5 heteroatoms. The number of hydrogen-bond donors (Lipinski definition) is 1. The van der Waals surface area contributed by atoms with Crippen molar-refractivity contribution in [2.75, 3.05) is 18.4 Å². The summed E-state index contributed by atoms with van der Waals surface area (Å²) in [6.07, 6.45) is 5.10. The third-order valence-electron chi connectivity index (χ3n) is 6.23. The van der Waals surface area contributed by atoms with Crippen LogP contribution in [0.3, 0.4) is 0 Å². The number of rotatable bonds is 4. The molecule has 0 unspecified atom stereocenters. The van der Waals surface area contributed by atoms with Crippen LogP contribution in [0.5, 0.6) is 0 Å². The van der Waals surface area contributed by atoms with Crippen LogP contribution in [-0.2, 0) is 4.79 Å². The van der Waals surface area contributed by atoms with Crippen LogP contribution in [0.1, 0.15) is 23.2 Å². The maximum atomic E-state index is 13.7. The van der Waals surface area contributed by atoms with E-state index in [0.717, 1.165) is 40.4 Å². The predicted octanol–water partition coefficient (Wildman–Crippen LogP) is 5.39. The number of pyridine rings is 1. The number of hydrogen-bond acceptors (Lipinski definition) is 3. The van der Waals surface area contributed by atoms with Crippen molar-refractivity contribution < 1.29 is 9.59 Å². The second-order valence-electron chi connectivity index (χ2n) is 8.43. The fourth-order valence-electron chi connectivity index (χ4n) is 4.51. The topological polar surface area (TPSA) is 62.3 Å². The molecule has 2 amide bonds. The SMILES string of the molecule is O=C(Nc1ccccc1)[C@H]1CCCN(C(=O)c2cc(-c3ccncc3)cc3ccccc23)C1. The second kappa shape index (κ2) is 9.25. The lowest BCUT2D eigenvalue weighted by molar-refractivity contribution is -0.121. The van der Waals surface area contributed by atoms with E-state index in [4.69, 9.17) is 0 Å². The molecule has 2 heterocycles. The lowest BCUT2D eigenvalue weighted by Gasteiger charge is -2.32. The van der Waals surface area contributed by atoms with Crippen molar-refractivity contribution in [3.05, 3.63) is 96.8 Å². The predicted molar refractivity (Wildman–Crippen MR) is 131 cm³/mol. The number of benzene rings is 3. The van der Waals surface area contributed by atoms with Crippen molar-refractivity contribution in [3.63, 3.8) is 0 Å². The summed E-state index contributed by atoms with van der Waals surface area (Å²) in [6.45, 7) is 1.08. The quantitative estimate of drug-likeness (QED) is 0.467. The zero-order valence-corrected chi connectivity index (χ0v) is 18.3. The first-order valence-corrected chi connectivity index (χ1v) is 11.3. The molecule has 1 fully saturated rings. The third-order valence-corrected chi connectivity index (χ3v) is 6.23. The summed E-state index contributed by atoms with van der Waals surface area (Å²) >= 11 is 0. The number of nitrogens with zero attached hydrogens (tertiary/aromatic N) is 2. The lowest BCUT2D eigenvalue weighted by atomic mass is 9.94. The number of fused-ring (bicyclic) bond motifs is 1. The van der Waals surface area contributed by atoms with Crippen LogP contribution in [0.4, 0.5) is 5.69 Å². The number of nitrogens with one attached hydrogen (secondary N) is 1. The van der Waals surface area contributed by atoms with Gasteiger partial charge in [-0.3, -0.25) is 14.6 Å². The van der Waals surface area contributed by atoms with Gasteiger partial charge in [0.05, 0.1) is 5.92 Å². The highest BCUT2D eigenvalue weighted by molar-refractivity contribution is 6.09. The van der Waals surface area contributed by atoms with Crippen molar-refractivity contribution in [3.8, 4) is 11.1 Å². The van der Waals surface area contributed by atoms with Gasteiger partial charge in [-0.05, 0) is 71.1 Å². The molecule has 0 aliphatic carbocycles. The maximum absolute atomic E-state index is 13.7. The Morgan fingerprint density at radius 2 is 1.64 bits per heavy atom. The zero-order chi connectivity index (χ0) is 22.6. The van der Waals surface area contributed by atoms with Crippen molar-refractivity contribution in [1.82, 2.24) is 9.88 Å². The van der Waals surface area contributed by atoms with Gasteiger partial charge in [0.15, 0.2) is 0 Å². The van der Waals surface area contributed by atoms with Gasteiger partial charge in [0.1, 0.15) is 0 Å². The van der Waals surface area contributed by atoms with Crippen molar-refractivity contribution in [2.45, 2.75) is 12.8 Å². The van der Waals surface area contributed by atoms with E-state index < -0.39 is 0 Å². The van der Waals surface area contributed by atoms with Crippen LogP contribution in [0.25, 0.3) is 21.9 Å². The van der Waals surface area contributed by atoms with Gasteiger partial charge < -0.3 is 10.2 Å². The molecule has 5 nitrogen and oxygen atoms in total. The zero-order valence-electron chi connectivity index (χ0n) is 18.3. The lowest BCUT2D eigenvalue weighted by Crippen LogP contribution is -2.43. The standard InChI is InChI=1S/C28H25N3O2/c32-27(30-24-9-2-1-3-10-24)22-8-6-16-31(19-22)28(33)26-18-23(20-12-14-29-15-13-20)17-21-7-4-5-11-25(21)26/h1-5,7,9-15,17-18,22H,6,8,16,19H2,(H,30,32)/t22-/m0/s1. The Balaban J connectivity index is 1.42. The molecular weight excluding hydrogens is 410 g/mol.